The molecule has 2 aromatic heterocycles. The van der Waals surface area contributed by atoms with E-state index in [1.165, 1.54) is 12.1 Å². The molecule has 162 valence electrons. The van der Waals surface area contributed by atoms with Crippen LogP contribution in [0, 0.1) is 25.6 Å². The number of rotatable bonds is 5. The van der Waals surface area contributed by atoms with Gasteiger partial charge in [-0.2, -0.15) is 0 Å². The molecule has 0 aliphatic carbocycles. The van der Waals surface area contributed by atoms with E-state index < -0.39 is 0 Å². The quantitative estimate of drug-likeness (QED) is 0.678. The monoisotopic (exact) mass is 423 g/mol. The Morgan fingerprint density at radius 2 is 2.13 bits per heavy atom. The Labute approximate surface area is 180 Å². The molecule has 0 unspecified atom stereocenters. The standard InChI is InChI=1S/C23H26FN5O2/c1-15-13-18(24)7-8-19(15)27-20(30)9-6-17-5-3-11-28(14-17)22(31)21-16(2)26-23-25-10-4-12-29(21)23/h4,7-8,10,12-13,17H,3,5-6,9,11,14H2,1-2H3,(H,27,30)/t17-/m1/s1. The SMILES string of the molecule is Cc1cc(F)ccc1NC(=O)CC[C@H]1CCCN(C(=O)c2c(C)nc3ncccn23)C1. The summed E-state index contributed by atoms with van der Waals surface area (Å²) in [5.74, 6) is 0.315. The van der Waals surface area contributed by atoms with Crippen molar-refractivity contribution in [1.82, 2.24) is 19.3 Å². The summed E-state index contributed by atoms with van der Waals surface area (Å²) in [6.45, 7) is 4.91. The van der Waals surface area contributed by atoms with Crippen molar-refractivity contribution < 1.29 is 14.0 Å². The molecule has 0 saturated carbocycles. The van der Waals surface area contributed by atoms with Crippen LogP contribution in [-0.4, -0.2) is 44.2 Å². The Kier molecular flexibility index (Phi) is 5.97. The second-order valence-electron chi connectivity index (χ2n) is 8.14. The van der Waals surface area contributed by atoms with E-state index in [-0.39, 0.29) is 23.5 Å². The number of halogens is 1. The van der Waals surface area contributed by atoms with E-state index in [0.717, 1.165) is 12.8 Å². The van der Waals surface area contributed by atoms with Crippen LogP contribution in [-0.2, 0) is 4.79 Å². The molecule has 8 heteroatoms. The Morgan fingerprint density at radius 3 is 2.94 bits per heavy atom. The van der Waals surface area contributed by atoms with Crippen molar-refractivity contribution in [3.05, 3.63) is 59.4 Å². The number of fused-ring (bicyclic) bond motifs is 1. The summed E-state index contributed by atoms with van der Waals surface area (Å²) in [5.41, 5.74) is 2.54. The Balaban J connectivity index is 1.36. The highest BCUT2D eigenvalue weighted by Gasteiger charge is 2.28. The lowest BCUT2D eigenvalue weighted by atomic mass is 9.93. The fourth-order valence-corrected chi connectivity index (χ4v) is 4.21. The third-order valence-corrected chi connectivity index (χ3v) is 5.83. The largest absolute Gasteiger partial charge is 0.337 e. The van der Waals surface area contributed by atoms with Gasteiger partial charge in [0.1, 0.15) is 11.5 Å². The smallest absolute Gasteiger partial charge is 0.272 e. The number of hydrogen-bond acceptors (Lipinski definition) is 4. The number of likely N-dealkylation sites (tertiary alicyclic amines) is 1. The molecule has 1 aliphatic rings. The van der Waals surface area contributed by atoms with E-state index in [1.54, 1.807) is 35.9 Å². The Hall–Kier alpha value is -3.29. The highest BCUT2D eigenvalue weighted by atomic mass is 19.1. The van der Waals surface area contributed by atoms with Gasteiger partial charge in [-0.3, -0.25) is 14.0 Å². The minimum Gasteiger partial charge on any atom is -0.337 e. The molecule has 3 heterocycles. The maximum atomic E-state index is 13.2. The van der Waals surface area contributed by atoms with Crippen LogP contribution in [0.25, 0.3) is 5.78 Å². The minimum absolute atomic E-state index is 0.0471. The number of piperidine rings is 1. The number of nitrogens with zero attached hydrogens (tertiary/aromatic N) is 4. The lowest BCUT2D eigenvalue weighted by Gasteiger charge is -2.32. The number of aromatic nitrogens is 3. The van der Waals surface area contributed by atoms with Gasteiger partial charge in [0.15, 0.2) is 0 Å². The summed E-state index contributed by atoms with van der Waals surface area (Å²) in [7, 11) is 0. The molecular formula is C23H26FN5O2. The molecule has 0 radical (unpaired) electrons. The van der Waals surface area contributed by atoms with Gasteiger partial charge in [0.2, 0.25) is 11.7 Å². The third-order valence-electron chi connectivity index (χ3n) is 5.83. The van der Waals surface area contributed by atoms with E-state index in [2.05, 4.69) is 15.3 Å². The van der Waals surface area contributed by atoms with Gasteiger partial charge in [0.05, 0.1) is 5.69 Å². The molecule has 31 heavy (non-hydrogen) atoms. The lowest BCUT2D eigenvalue weighted by molar-refractivity contribution is -0.116. The molecule has 7 nitrogen and oxygen atoms in total. The number of amides is 2. The number of carbonyl (C=O) groups excluding carboxylic acids is 2. The topological polar surface area (TPSA) is 79.6 Å². The zero-order chi connectivity index (χ0) is 22.0. The van der Waals surface area contributed by atoms with Gasteiger partial charge in [-0.05, 0) is 68.9 Å². The molecule has 4 rings (SSSR count). The molecule has 1 saturated heterocycles. The van der Waals surface area contributed by atoms with Crippen molar-refractivity contribution in [2.75, 3.05) is 18.4 Å². The maximum absolute atomic E-state index is 13.2. The first kappa shape index (κ1) is 21.0. The average Bonchev–Trinajstić information content (AvgIpc) is 3.09. The van der Waals surface area contributed by atoms with Gasteiger partial charge >= 0.3 is 0 Å². The van der Waals surface area contributed by atoms with Gasteiger partial charge in [0, 0.05) is 37.6 Å². The highest BCUT2D eigenvalue weighted by molar-refractivity contribution is 5.94. The van der Waals surface area contributed by atoms with Crippen molar-refractivity contribution in [1.29, 1.82) is 0 Å². The van der Waals surface area contributed by atoms with Crippen LogP contribution in [0.3, 0.4) is 0 Å². The number of carbonyl (C=O) groups is 2. The molecule has 1 N–H and O–H groups in total. The summed E-state index contributed by atoms with van der Waals surface area (Å²) in [6.07, 6.45) is 6.42. The van der Waals surface area contributed by atoms with Crippen molar-refractivity contribution >= 4 is 23.3 Å². The van der Waals surface area contributed by atoms with E-state index in [9.17, 15) is 14.0 Å². The zero-order valence-electron chi connectivity index (χ0n) is 17.8. The first-order chi connectivity index (χ1) is 14.9. The molecule has 1 fully saturated rings. The lowest BCUT2D eigenvalue weighted by Crippen LogP contribution is -2.40. The molecule has 2 amide bonds. The molecular weight excluding hydrogens is 397 g/mol. The van der Waals surface area contributed by atoms with Crippen LogP contribution in [0.4, 0.5) is 10.1 Å². The van der Waals surface area contributed by atoms with Crippen LogP contribution in [0.15, 0.2) is 36.7 Å². The first-order valence-electron chi connectivity index (χ1n) is 10.6. The normalized spacial score (nSPS) is 16.5. The molecule has 0 bridgehead atoms. The number of hydrogen-bond donors (Lipinski definition) is 1. The molecule has 3 aromatic rings. The predicted octanol–water partition coefficient (Wildman–Crippen LogP) is 3.76. The highest BCUT2D eigenvalue weighted by Crippen LogP contribution is 2.24. The average molecular weight is 423 g/mol. The van der Waals surface area contributed by atoms with Gasteiger partial charge < -0.3 is 10.2 Å². The first-order valence-corrected chi connectivity index (χ1v) is 10.6. The van der Waals surface area contributed by atoms with Gasteiger partial charge in [-0.25, -0.2) is 14.4 Å². The number of nitrogens with one attached hydrogen (secondary N) is 1. The summed E-state index contributed by atoms with van der Waals surface area (Å²) in [4.78, 5) is 36.1. The summed E-state index contributed by atoms with van der Waals surface area (Å²) in [6, 6.07) is 6.10. The van der Waals surface area contributed by atoms with Crippen LogP contribution in [0.1, 0.15) is 47.4 Å². The fraction of sp³-hybridized carbons (Fsp3) is 0.391. The predicted molar refractivity (Wildman–Crippen MR) is 115 cm³/mol. The van der Waals surface area contributed by atoms with E-state index in [0.29, 0.717) is 54.3 Å². The van der Waals surface area contributed by atoms with E-state index >= 15 is 0 Å². The Bertz CT molecular complexity index is 1130. The van der Waals surface area contributed by atoms with Crippen LogP contribution in [0.5, 0.6) is 0 Å². The number of anilines is 1. The molecule has 0 spiro atoms. The summed E-state index contributed by atoms with van der Waals surface area (Å²) in [5, 5.41) is 2.86. The zero-order valence-corrected chi connectivity index (χ0v) is 17.8. The summed E-state index contributed by atoms with van der Waals surface area (Å²) >= 11 is 0. The second-order valence-corrected chi connectivity index (χ2v) is 8.14. The minimum atomic E-state index is -0.320. The second kappa shape index (κ2) is 8.83. The van der Waals surface area contributed by atoms with Crippen molar-refractivity contribution in [2.45, 2.75) is 39.5 Å². The van der Waals surface area contributed by atoms with Crippen molar-refractivity contribution in [2.24, 2.45) is 5.92 Å². The van der Waals surface area contributed by atoms with Gasteiger partial charge in [-0.1, -0.05) is 0 Å². The Morgan fingerprint density at radius 1 is 1.29 bits per heavy atom. The molecule has 1 aliphatic heterocycles. The molecule has 1 atom stereocenters. The third kappa shape index (κ3) is 4.57. The number of benzene rings is 1. The fourth-order valence-electron chi connectivity index (χ4n) is 4.21. The van der Waals surface area contributed by atoms with Crippen LogP contribution in [0.2, 0.25) is 0 Å². The van der Waals surface area contributed by atoms with Gasteiger partial charge in [-0.15, -0.1) is 0 Å². The number of aryl methyl sites for hydroxylation is 2. The van der Waals surface area contributed by atoms with Gasteiger partial charge in [0.25, 0.3) is 5.91 Å². The number of imidazole rings is 1. The van der Waals surface area contributed by atoms with E-state index in [1.807, 2.05) is 11.8 Å². The van der Waals surface area contributed by atoms with Crippen molar-refractivity contribution in [3.63, 3.8) is 0 Å². The van der Waals surface area contributed by atoms with Crippen molar-refractivity contribution in [3.8, 4) is 0 Å². The molecule has 1 aromatic carbocycles. The summed E-state index contributed by atoms with van der Waals surface area (Å²) < 4.78 is 15.0. The van der Waals surface area contributed by atoms with E-state index in [4.69, 9.17) is 0 Å². The maximum Gasteiger partial charge on any atom is 0.272 e. The van der Waals surface area contributed by atoms with Crippen LogP contribution < -0.4 is 5.32 Å². The van der Waals surface area contributed by atoms with Crippen LogP contribution >= 0.6 is 0 Å².